The van der Waals surface area contributed by atoms with Crippen LogP contribution in [0.5, 0.6) is 5.75 Å². The van der Waals surface area contributed by atoms with Crippen LogP contribution in [0.3, 0.4) is 0 Å². The zero-order valence-corrected chi connectivity index (χ0v) is 18.3. The number of hydrogen-bond donors (Lipinski definition) is 0. The highest BCUT2D eigenvalue weighted by Gasteiger charge is 2.24. The Labute approximate surface area is 172 Å². The Hall–Kier alpha value is -1.96. The van der Waals surface area contributed by atoms with Crippen LogP contribution in [-0.4, -0.2) is 28.2 Å². The summed E-state index contributed by atoms with van der Waals surface area (Å²) in [5.41, 5.74) is 1.75. The monoisotopic (exact) mass is 440 g/mol. The minimum Gasteiger partial charge on any atom is -0.379 e. The lowest BCUT2D eigenvalue weighted by molar-refractivity contribution is 0.131. The fourth-order valence-corrected chi connectivity index (χ4v) is 4.32. The summed E-state index contributed by atoms with van der Waals surface area (Å²) in [5, 5.41) is 0. The quantitative estimate of drug-likeness (QED) is 0.360. The molecule has 0 unspecified atom stereocenters. The predicted octanol–water partition coefficient (Wildman–Crippen LogP) is 4.97. The number of aryl methyl sites for hydroxylation is 1. The molecule has 0 atom stereocenters. The summed E-state index contributed by atoms with van der Waals surface area (Å²) in [6.45, 7) is 5.75. The molecule has 2 aromatic rings. The number of phosphoric ester groups is 1. The van der Waals surface area contributed by atoms with Crippen molar-refractivity contribution in [2.24, 2.45) is 0 Å². The normalized spacial score (nSPS) is 12.4. The molecule has 0 N–H and O–H groups in total. The molecule has 2 rings (SSSR count). The second-order valence-corrected chi connectivity index (χ2v) is 9.12. The van der Waals surface area contributed by atoms with Crippen molar-refractivity contribution >= 4 is 24.0 Å². The molecule has 0 aliphatic heterocycles. The maximum Gasteiger partial charge on any atom is 0.475 e. The van der Waals surface area contributed by atoms with Crippen molar-refractivity contribution < 1.29 is 30.7 Å². The van der Waals surface area contributed by atoms with Crippen molar-refractivity contribution in [3.63, 3.8) is 0 Å². The van der Waals surface area contributed by atoms with Crippen LogP contribution in [0.15, 0.2) is 59.5 Å². The highest BCUT2D eigenvalue weighted by molar-refractivity contribution is 7.87. The Morgan fingerprint density at radius 2 is 1.48 bits per heavy atom. The van der Waals surface area contributed by atoms with Crippen molar-refractivity contribution in [2.75, 3.05) is 19.8 Å². The summed E-state index contributed by atoms with van der Waals surface area (Å²) in [7, 11) is -7.43. The third-order valence-corrected chi connectivity index (χ3v) is 6.48. The molecule has 7 nitrogen and oxygen atoms in total. The predicted molar refractivity (Wildman–Crippen MR) is 111 cm³/mol. The van der Waals surface area contributed by atoms with Gasteiger partial charge in [0.25, 0.3) is 0 Å². The second kappa shape index (κ2) is 10.7. The van der Waals surface area contributed by atoms with Gasteiger partial charge in [-0.2, -0.15) is 8.42 Å². The Bertz CT molecular complexity index is 941. The molecule has 0 aliphatic carbocycles. The van der Waals surface area contributed by atoms with Gasteiger partial charge in [-0.05, 0) is 50.6 Å². The van der Waals surface area contributed by atoms with Crippen LogP contribution in [-0.2, 0) is 28.3 Å². The van der Waals surface area contributed by atoms with Gasteiger partial charge in [0.1, 0.15) is 10.6 Å². The van der Waals surface area contributed by atoms with E-state index in [0.29, 0.717) is 0 Å². The Balaban J connectivity index is 1.95. The zero-order chi connectivity index (χ0) is 21.3. The molecule has 0 fully saturated rings. The van der Waals surface area contributed by atoms with E-state index >= 15 is 0 Å². The molecular formula is C20H25O7PS. The zero-order valence-electron chi connectivity index (χ0n) is 16.6. The Kier molecular flexibility index (Phi) is 8.61. The molecule has 0 amide bonds. The summed E-state index contributed by atoms with van der Waals surface area (Å²) in [4.78, 5) is 0.0947. The minimum atomic E-state index is -3.89. The van der Waals surface area contributed by atoms with Crippen LogP contribution in [0.2, 0.25) is 0 Å². The van der Waals surface area contributed by atoms with E-state index in [4.69, 9.17) is 17.8 Å². The van der Waals surface area contributed by atoms with E-state index in [0.717, 1.165) is 11.1 Å². The standard InChI is InChI=1S/C20H25O7PS/c1-4-24-28(21,25-5-2)26-16-6-7-18-10-12-19(13-11-18)27-29(22,23)20-14-8-17(3)9-15-20/h6-15H,4-5,16H2,1-3H3/b7-6+. The fraction of sp³-hybridized carbons (Fsp3) is 0.300. The highest BCUT2D eigenvalue weighted by atomic mass is 32.2. The molecular weight excluding hydrogens is 415 g/mol. The van der Waals surface area contributed by atoms with Crippen LogP contribution in [0.1, 0.15) is 25.0 Å². The first-order valence-electron chi connectivity index (χ1n) is 9.09. The van der Waals surface area contributed by atoms with Crippen molar-refractivity contribution in [3.05, 3.63) is 65.7 Å². The van der Waals surface area contributed by atoms with Crippen molar-refractivity contribution in [3.8, 4) is 5.75 Å². The van der Waals surface area contributed by atoms with E-state index in [9.17, 15) is 13.0 Å². The third kappa shape index (κ3) is 7.42. The summed E-state index contributed by atoms with van der Waals surface area (Å²) in [6.07, 6.45) is 3.39. The molecule has 0 saturated carbocycles. The molecule has 9 heteroatoms. The first-order valence-corrected chi connectivity index (χ1v) is 12.0. The highest BCUT2D eigenvalue weighted by Crippen LogP contribution is 2.49. The van der Waals surface area contributed by atoms with Gasteiger partial charge in [-0.15, -0.1) is 0 Å². The lowest BCUT2D eigenvalue weighted by atomic mass is 10.2. The van der Waals surface area contributed by atoms with Gasteiger partial charge < -0.3 is 4.18 Å². The number of hydrogen-bond acceptors (Lipinski definition) is 7. The molecule has 158 valence electrons. The average molecular weight is 440 g/mol. The van der Waals surface area contributed by atoms with E-state index in [-0.39, 0.29) is 30.5 Å². The van der Waals surface area contributed by atoms with E-state index in [1.54, 1.807) is 62.4 Å². The van der Waals surface area contributed by atoms with Crippen molar-refractivity contribution in [1.29, 1.82) is 0 Å². The Morgan fingerprint density at radius 3 is 2.03 bits per heavy atom. The number of rotatable bonds is 11. The summed E-state index contributed by atoms with van der Waals surface area (Å²) >= 11 is 0. The van der Waals surface area contributed by atoms with Gasteiger partial charge in [-0.25, -0.2) is 4.57 Å². The third-order valence-electron chi connectivity index (χ3n) is 3.61. The molecule has 2 aromatic carbocycles. The van der Waals surface area contributed by atoms with E-state index in [2.05, 4.69) is 0 Å². The minimum absolute atomic E-state index is 0.0390. The number of phosphoric acid groups is 1. The van der Waals surface area contributed by atoms with Crippen molar-refractivity contribution in [1.82, 2.24) is 0 Å². The first-order chi connectivity index (χ1) is 13.8. The lowest BCUT2D eigenvalue weighted by Gasteiger charge is -2.15. The van der Waals surface area contributed by atoms with Crippen molar-refractivity contribution in [2.45, 2.75) is 25.7 Å². The lowest BCUT2D eigenvalue weighted by Crippen LogP contribution is -2.09. The van der Waals surface area contributed by atoms with Gasteiger partial charge in [0.05, 0.1) is 19.8 Å². The molecule has 0 aromatic heterocycles. The summed E-state index contributed by atoms with van der Waals surface area (Å²) < 4.78 is 57.2. The first kappa shape index (κ1) is 23.3. The molecule has 0 bridgehead atoms. The van der Waals surface area contributed by atoms with Crippen LogP contribution in [0.25, 0.3) is 6.08 Å². The average Bonchev–Trinajstić information content (AvgIpc) is 2.67. The van der Waals surface area contributed by atoms with Crippen LogP contribution in [0.4, 0.5) is 0 Å². The Morgan fingerprint density at radius 1 is 0.897 bits per heavy atom. The van der Waals surface area contributed by atoms with Crippen LogP contribution >= 0.6 is 7.82 Å². The van der Waals surface area contributed by atoms with Gasteiger partial charge in [0.15, 0.2) is 0 Å². The molecule has 0 saturated heterocycles. The molecule has 0 spiro atoms. The van der Waals surface area contributed by atoms with Crippen LogP contribution < -0.4 is 4.18 Å². The second-order valence-electron chi connectivity index (χ2n) is 5.90. The van der Waals surface area contributed by atoms with Gasteiger partial charge >= 0.3 is 17.9 Å². The van der Waals surface area contributed by atoms with Gasteiger partial charge in [-0.3, -0.25) is 13.6 Å². The van der Waals surface area contributed by atoms with E-state index in [1.165, 1.54) is 12.1 Å². The number of benzene rings is 2. The molecule has 0 radical (unpaired) electrons. The maximum absolute atomic E-state index is 12.3. The topological polar surface area (TPSA) is 88.1 Å². The summed E-state index contributed by atoms with van der Waals surface area (Å²) in [6, 6.07) is 12.9. The molecule has 0 heterocycles. The van der Waals surface area contributed by atoms with Gasteiger partial charge in [0, 0.05) is 0 Å². The largest absolute Gasteiger partial charge is 0.475 e. The fourth-order valence-electron chi connectivity index (χ4n) is 2.26. The maximum atomic E-state index is 12.3. The summed E-state index contributed by atoms with van der Waals surface area (Å²) in [5.74, 6) is 0.205. The molecule has 29 heavy (non-hydrogen) atoms. The smallest absolute Gasteiger partial charge is 0.379 e. The van der Waals surface area contributed by atoms with Gasteiger partial charge in [0.2, 0.25) is 0 Å². The van der Waals surface area contributed by atoms with Crippen LogP contribution in [0, 0.1) is 6.92 Å². The molecule has 0 aliphatic rings. The van der Waals surface area contributed by atoms with E-state index in [1.807, 2.05) is 6.92 Å². The SMILES string of the molecule is CCOP(=O)(OCC)OC/C=C/c1ccc(OS(=O)(=O)c2ccc(C)cc2)cc1. The van der Waals surface area contributed by atoms with E-state index < -0.39 is 17.9 Å². The van der Waals surface area contributed by atoms with Gasteiger partial charge in [-0.1, -0.05) is 42.0 Å².